The molecule has 0 aromatic carbocycles. The van der Waals surface area contributed by atoms with E-state index in [9.17, 15) is 4.79 Å². The van der Waals surface area contributed by atoms with Crippen molar-refractivity contribution in [2.45, 2.75) is 6.42 Å². The number of carbonyl (C=O) groups excluding carboxylic acids is 1. The van der Waals surface area contributed by atoms with Gasteiger partial charge in [-0.3, -0.25) is 9.78 Å². The molecule has 0 aliphatic heterocycles. The van der Waals surface area contributed by atoms with Crippen LogP contribution in [0.3, 0.4) is 0 Å². The van der Waals surface area contributed by atoms with Gasteiger partial charge in [-0.2, -0.15) is 0 Å². The van der Waals surface area contributed by atoms with Crippen LogP contribution in [0.15, 0.2) is 24.7 Å². The molecule has 0 saturated carbocycles. The van der Waals surface area contributed by atoms with Crippen LogP contribution in [-0.2, 0) is 11.2 Å². The Bertz CT molecular complexity index is 483. The van der Waals surface area contributed by atoms with Crippen molar-refractivity contribution in [3.05, 3.63) is 30.5 Å². The molecule has 1 amide bonds. The largest absolute Gasteiger partial charge is 0.369 e. The molecule has 0 radical (unpaired) electrons. The molecule has 0 unspecified atom stereocenters. The van der Waals surface area contributed by atoms with Crippen molar-refractivity contribution in [3.63, 3.8) is 0 Å². The predicted molar refractivity (Wildman–Crippen MR) is 50.2 cm³/mol. The van der Waals surface area contributed by atoms with Crippen molar-refractivity contribution in [2.75, 3.05) is 0 Å². The number of hydrogen-bond donors (Lipinski definition) is 1. The van der Waals surface area contributed by atoms with E-state index in [1.54, 1.807) is 18.6 Å². The van der Waals surface area contributed by atoms with Gasteiger partial charge in [-0.05, 0) is 6.07 Å². The summed E-state index contributed by atoms with van der Waals surface area (Å²) in [6.07, 6.45) is 5.01. The van der Waals surface area contributed by atoms with Gasteiger partial charge in [0.05, 0.1) is 18.1 Å². The van der Waals surface area contributed by atoms with Crippen LogP contribution in [0.2, 0.25) is 0 Å². The van der Waals surface area contributed by atoms with Crippen molar-refractivity contribution < 1.29 is 4.79 Å². The number of hydrogen-bond acceptors (Lipinski definition) is 4. The molecule has 2 heterocycles. The van der Waals surface area contributed by atoms with Gasteiger partial charge < -0.3 is 5.73 Å². The average molecular weight is 188 g/mol. The van der Waals surface area contributed by atoms with Gasteiger partial charge in [0.1, 0.15) is 5.82 Å². The summed E-state index contributed by atoms with van der Waals surface area (Å²) in [5.41, 5.74) is 5.76. The van der Waals surface area contributed by atoms with Crippen molar-refractivity contribution in [1.82, 2.24) is 15.0 Å². The zero-order valence-electron chi connectivity index (χ0n) is 7.34. The molecule has 0 spiro atoms. The van der Waals surface area contributed by atoms with Gasteiger partial charge >= 0.3 is 0 Å². The highest BCUT2D eigenvalue weighted by atomic mass is 16.1. The minimum atomic E-state index is -0.437. The van der Waals surface area contributed by atoms with Crippen LogP contribution in [0.5, 0.6) is 0 Å². The van der Waals surface area contributed by atoms with Crippen LogP contribution < -0.4 is 5.73 Å². The molecule has 0 bridgehead atoms. The zero-order chi connectivity index (χ0) is 9.97. The van der Waals surface area contributed by atoms with Gasteiger partial charge in [-0.25, -0.2) is 9.97 Å². The maximum atomic E-state index is 10.6. The third-order valence-corrected chi connectivity index (χ3v) is 1.77. The van der Waals surface area contributed by atoms with E-state index in [1.807, 2.05) is 6.07 Å². The summed E-state index contributed by atoms with van der Waals surface area (Å²) in [6.45, 7) is 0. The predicted octanol–water partition coefficient (Wildman–Crippen LogP) is 0.0526. The lowest BCUT2D eigenvalue weighted by molar-refractivity contribution is -0.117. The number of fused-ring (bicyclic) bond motifs is 1. The highest BCUT2D eigenvalue weighted by Crippen LogP contribution is 2.07. The van der Waals surface area contributed by atoms with Gasteiger partial charge in [0.2, 0.25) is 5.91 Å². The topological polar surface area (TPSA) is 81.8 Å². The number of nitrogens with two attached hydrogens (primary N) is 1. The Balaban J connectivity index is 2.46. The third kappa shape index (κ3) is 1.66. The molecule has 0 atom stereocenters. The lowest BCUT2D eigenvalue weighted by atomic mass is 10.3. The number of aromatic nitrogens is 3. The SMILES string of the molecule is NC(=O)Cc1ncc2ccncc2n1. The van der Waals surface area contributed by atoms with Crippen LogP contribution in [-0.4, -0.2) is 20.9 Å². The summed E-state index contributed by atoms with van der Waals surface area (Å²) in [6, 6.07) is 1.81. The van der Waals surface area contributed by atoms with E-state index in [0.717, 1.165) is 10.9 Å². The molecule has 0 fully saturated rings. The van der Waals surface area contributed by atoms with E-state index >= 15 is 0 Å². The maximum absolute atomic E-state index is 10.6. The van der Waals surface area contributed by atoms with Crippen LogP contribution in [0.1, 0.15) is 5.82 Å². The molecule has 0 aliphatic rings. The van der Waals surface area contributed by atoms with E-state index in [-0.39, 0.29) is 6.42 Å². The smallest absolute Gasteiger partial charge is 0.225 e. The van der Waals surface area contributed by atoms with Gasteiger partial charge in [-0.1, -0.05) is 0 Å². The van der Waals surface area contributed by atoms with E-state index in [4.69, 9.17) is 5.73 Å². The Morgan fingerprint density at radius 1 is 1.43 bits per heavy atom. The Morgan fingerprint density at radius 2 is 2.29 bits per heavy atom. The molecule has 14 heavy (non-hydrogen) atoms. The second kappa shape index (κ2) is 3.37. The normalized spacial score (nSPS) is 10.3. The molecular weight excluding hydrogens is 180 g/mol. The Labute approximate surface area is 80.0 Å². The van der Waals surface area contributed by atoms with Crippen molar-refractivity contribution in [2.24, 2.45) is 5.73 Å². The first kappa shape index (κ1) is 8.55. The van der Waals surface area contributed by atoms with E-state index in [2.05, 4.69) is 15.0 Å². The molecule has 2 rings (SSSR count). The summed E-state index contributed by atoms with van der Waals surface area (Å²) in [7, 11) is 0. The third-order valence-electron chi connectivity index (χ3n) is 1.77. The van der Waals surface area contributed by atoms with Crippen molar-refractivity contribution >= 4 is 16.8 Å². The van der Waals surface area contributed by atoms with Gasteiger partial charge in [0.25, 0.3) is 0 Å². The summed E-state index contributed by atoms with van der Waals surface area (Å²) in [4.78, 5) is 22.7. The van der Waals surface area contributed by atoms with E-state index in [1.165, 1.54) is 0 Å². The summed E-state index contributed by atoms with van der Waals surface area (Å²) >= 11 is 0. The van der Waals surface area contributed by atoms with Crippen LogP contribution >= 0.6 is 0 Å². The number of nitrogens with zero attached hydrogens (tertiary/aromatic N) is 3. The number of rotatable bonds is 2. The molecule has 70 valence electrons. The molecule has 2 N–H and O–H groups in total. The van der Waals surface area contributed by atoms with Gasteiger partial charge in [-0.15, -0.1) is 0 Å². The van der Waals surface area contributed by atoms with Gasteiger partial charge in [0.15, 0.2) is 0 Å². The number of pyridine rings is 1. The second-order valence-corrected chi connectivity index (χ2v) is 2.86. The minimum Gasteiger partial charge on any atom is -0.369 e. The standard InChI is InChI=1S/C9H8N4O/c10-8(14)3-9-12-4-6-1-2-11-5-7(6)13-9/h1-2,4-5H,3H2,(H2,10,14). The van der Waals surface area contributed by atoms with E-state index < -0.39 is 5.91 Å². The molecule has 2 aromatic rings. The fraction of sp³-hybridized carbons (Fsp3) is 0.111. The molecule has 0 saturated heterocycles. The maximum Gasteiger partial charge on any atom is 0.225 e. The van der Waals surface area contributed by atoms with E-state index in [0.29, 0.717) is 5.82 Å². The van der Waals surface area contributed by atoms with Crippen LogP contribution in [0.25, 0.3) is 10.9 Å². The summed E-state index contributed by atoms with van der Waals surface area (Å²) in [5, 5.41) is 0.897. The average Bonchev–Trinajstić information content (AvgIpc) is 2.17. The first-order chi connectivity index (χ1) is 6.75. The molecular formula is C9H8N4O. The molecule has 2 aromatic heterocycles. The number of amides is 1. The van der Waals surface area contributed by atoms with Crippen LogP contribution in [0, 0.1) is 0 Å². The highest BCUT2D eigenvalue weighted by molar-refractivity contribution is 5.78. The molecule has 5 nitrogen and oxygen atoms in total. The Hall–Kier alpha value is -2.04. The first-order valence-electron chi connectivity index (χ1n) is 4.09. The lowest BCUT2D eigenvalue weighted by Gasteiger charge is -1.98. The Kier molecular flexibility index (Phi) is 2.06. The monoisotopic (exact) mass is 188 g/mol. The lowest BCUT2D eigenvalue weighted by Crippen LogP contribution is -2.15. The van der Waals surface area contributed by atoms with Crippen molar-refractivity contribution in [1.29, 1.82) is 0 Å². The molecule has 5 heteroatoms. The van der Waals surface area contributed by atoms with Crippen LogP contribution in [0.4, 0.5) is 0 Å². The first-order valence-corrected chi connectivity index (χ1v) is 4.09. The van der Waals surface area contributed by atoms with Crippen molar-refractivity contribution in [3.8, 4) is 0 Å². The number of carbonyl (C=O) groups is 1. The fourth-order valence-corrected chi connectivity index (χ4v) is 1.15. The molecule has 0 aliphatic carbocycles. The Morgan fingerprint density at radius 3 is 3.07 bits per heavy atom. The summed E-state index contributed by atoms with van der Waals surface area (Å²) < 4.78 is 0. The second-order valence-electron chi connectivity index (χ2n) is 2.86. The highest BCUT2D eigenvalue weighted by Gasteiger charge is 2.02. The zero-order valence-corrected chi connectivity index (χ0v) is 7.34. The van der Waals surface area contributed by atoms with Gasteiger partial charge in [0, 0.05) is 17.8 Å². The summed E-state index contributed by atoms with van der Waals surface area (Å²) in [5.74, 6) is -0.00811. The minimum absolute atomic E-state index is 0.0604. The number of primary amides is 1. The fourth-order valence-electron chi connectivity index (χ4n) is 1.15. The quantitative estimate of drug-likeness (QED) is 0.722.